The molecule has 0 aromatic carbocycles. The lowest BCUT2D eigenvalue weighted by atomic mass is 10.1. The van der Waals surface area contributed by atoms with Crippen LogP contribution < -0.4 is 0 Å². The van der Waals surface area contributed by atoms with E-state index in [4.69, 9.17) is 5.11 Å². The third kappa shape index (κ3) is 5.15. The molecule has 0 unspecified atom stereocenters. The van der Waals surface area contributed by atoms with Crippen LogP contribution in [0.25, 0.3) is 0 Å². The molecule has 0 heterocycles. The summed E-state index contributed by atoms with van der Waals surface area (Å²) in [5, 5.41) is 8.34. The molecule has 0 saturated heterocycles. The first-order valence-corrected chi connectivity index (χ1v) is 3.36. The summed E-state index contributed by atoms with van der Waals surface area (Å²) in [7, 11) is 0. The van der Waals surface area contributed by atoms with Crippen LogP contribution in [0.15, 0.2) is 37.0 Å². The van der Waals surface area contributed by atoms with Crippen molar-refractivity contribution in [1.29, 1.82) is 0 Å². The van der Waals surface area contributed by atoms with Crippen LogP contribution in [0.5, 0.6) is 0 Å². The lowest BCUT2D eigenvalue weighted by Crippen LogP contribution is -1.94. The van der Waals surface area contributed by atoms with Crippen LogP contribution >= 0.6 is 0 Å². The van der Waals surface area contributed by atoms with Gasteiger partial charge in [-0.3, -0.25) is 4.79 Å². The Kier molecular flexibility index (Phi) is 4.82. The Morgan fingerprint density at radius 1 is 1.36 bits per heavy atom. The lowest BCUT2D eigenvalue weighted by molar-refractivity contribution is -0.136. The fourth-order valence-corrected chi connectivity index (χ4v) is 0.656. The molecule has 0 aliphatic carbocycles. The third-order valence-electron chi connectivity index (χ3n) is 1.22. The number of carboxylic acid groups (broad SMARTS) is 1. The predicted octanol–water partition coefficient (Wildman–Crippen LogP) is 2.15. The molecule has 0 amide bonds. The van der Waals surface area contributed by atoms with E-state index >= 15 is 0 Å². The summed E-state index contributed by atoms with van der Waals surface area (Å²) in [6.07, 6.45) is 5.69. The second kappa shape index (κ2) is 5.47. The lowest BCUT2D eigenvalue weighted by Gasteiger charge is -1.95. The van der Waals surface area contributed by atoms with Crippen LogP contribution in [0, 0.1) is 0 Å². The minimum Gasteiger partial charge on any atom is -0.481 e. The zero-order valence-corrected chi connectivity index (χ0v) is 6.42. The molecule has 2 nitrogen and oxygen atoms in total. The summed E-state index contributed by atoms with van der Waals surface area (Å²) >= 11 is 0. The van der Waals surface area contributed by atoms with Gasteiger partial charge in [0, 0.05) is 6.42 Å². The van der Waals surface area contributed by atoms with Gasteiger partial charge in [0.1, 0.15) is 0 Å². The fourth-order valence-electron chi connectivity index (χ4n) is 0.656. The minimum absolute atomic E-state index is 0.145. The van der Waals surface area contributed by atoms with Crippen LogP contribution in [0.2, 0.25) is 0 Å². The van der Waals surface area contributed by atoms with E-state index in [0.717, 1.165) is 5.57 Å². The van der Waals surface area contributed by atoms with Crippen molar-refractivity contribution in [3.63, 3.8) is 0 Å². The van der Waals surface area contributed by atoms with Crippen molar-refractivity contribution >= 4 is 5.97 Å². The Hall–Kier alpha value is -1.31. The standard InChI is InChI=1S/C9H12O2/c1-3-5-8(4-2)6-7-9(10)11/h3-5H,1-2,6-7H2,(H,10,11)/b8-5+. The molecule has 0 spiro atoms. The maximum atomic E-state index is 10.1. The Morgan fingerprint density at radius 3 is 2.36 bits per heavy atom. The number of allylic oxidation sites excluding steroid dienone is 4. The van der Waals surface area contributed by atoms with Crippen molar-refractivity contribution in [3.8, 4) is 0 Å². The first-order valence-electron chi connectivity index (χ1n) is 3.36. The Balaban J connectivity index is 3.88. The summed E-state index contributed by atoms with van der Waals surface area (Å²) < 4.78 is 0. The van der Waals surface area contributed by atoms with Gasteiger partial charge in [-0.1, -0.05) is 31.4 Å². The quantitative estimate of drug-likeness (QED) is 0.613. The van der Waals surface area contributed by atoms with E-state index in [9.17, 15) is 4.79 Å². The molecule has 2 heteroatoms. The third-order valence-corrected chi connectivity index (χ3v) is 1.22. The highest BCUT2D eigenvalue weighted by molar-refractivity contribution is 5.67. The normalized spacial score (nSPS) is 10.7. The topological polar surface area (TPSA) is 37.3 Å². The fraction of sp³-hybridized carbons (Fsp3) is 0.222. The number of carbonyl (C=O) groups is 1. The number of rotatable bonds is 5. The van der Waals surface area contributed by atoms with E-state index in [1.165, 1.54) is 0 Å². The number of carboxylic acids is 1. The highest BCUT2D eigenvalue weighted by Gasteiger charge is 1.97. The van der Waals surface area contributed by atoms with Gasteiger partial charge in [-0.15, -0.1) is 0 Å². The van der Waals surface area contributed by atoms with Gasteiger partial charge >= 0.3 is 5.97 Å². The van der Waals surface area contributed by atoms with Crippen molar-refractivity contribution in [2.75, 3.05) is 0 Å². The molecule has 0 atom stereocenters. The Labute approximate surface area is 66.5 Å². The van der Waals surface area contributed by atoms with Crippen molar-refractivity contribution in [3.05, 3.63) is 37.0 Å². The van der Waals surface area contributed by atoms with Crippen LogP contribution in [0.3, 0.4) is 0 Å². The number of aliphatic carboxylic acids is 1. The van der Waals surface area contributed by atoms with Gasteiger partial charge < -0.3 is 5.11 Å². The summed E-state index contributed by atoms with van der Waals surface area (Å²) in [6.45, 7) is 7.05. The first-order chi connectivity index (χ1) is 5.20. The average Bonchev–Trinajstić information content (AvgIpc) is 1.97. The zero-order valence-electron chi connectivity index (χ0n) is 6.42. The molecule has 0 aliphatic rings. The van der Waals surface area contributed by atoms with E-state index < -0.39 is 5.97 Å². The number of hydrogen-bond acceptors (Lipinski definition) is 1. The SMILES string of the molecule is C=C/C=C(\C=C)CCC(=O)O. The largest absolute Gasteiger partial charge is 0.481 e. The Bertz CT molecular complexity index is 190. The van der Waals surface area contributed by atoms with Crippen LogP contribution in [-0.2, 0) is 4.79 Å². The molecule has 0 saturated carbocycles. The molecule has 0 aromatic rings. The van der Waals surface area contributed by atoms with Gasteiger partial charge in [0.05, 0.1) is 0 Å². The van der Waals surface area contributed by atoms with Gasteiger partial charge in [0.2, 0.25) is 0 Å². The molecule has 0 fully saturated rings. The van der Waals surface area contributed by atoms with E-state index in [2.05, 4.69) is 13.2 Å². The summed E-state index contributed by atoms with van der Waals surface area (Å²) in [4.78, 5) is 10.1. The summed E-state index contributed by atoms with van der Waals surface area (Å²) in [6, 6.07) is 0. The maximum Gasteiger partial charge on any atom is 0.303 e. The van der Waals surface area contributed by atoms with Crippen LogP contribution in [-0.4, -0.2) is 11.1 Å². The van der Waals surface area contributed by atoms with E-state index in [1.54, 1.807) is 18.2 Å². The van der Waals surface area contributed by atoms with E-state index in [0.29, 0.717) is 6.42 Å². The van der Waals surface area contributed by atoms with Gasteiger partial charge in [0.25, 0.3) is 0 Å². The molecule has 0 bridgehead atoms. The van der Waals surface area contributed by atoms with Crippen molar-refractivity contribution in [2.45, 2.75) is 12.8 Å². The Morgan fingerprint density at radius 2 is 2.00 bits per heavy atom. The zero-order chi connectivity index (χ0) is 8.69. The highest BCUT2D eigenvalue weighted by Crippen LogP contribution is 2.05. The maximum absolute atomic E-state index is 10.1. The average molecular weight is 152 g/mol. The van der Waals surface area contributed by atoms with Crippen molar-refractivity contribution < 1.29 is 9.90 Å². The molecule has 11 heavy (non-hydrogen) atoms. The molecule has 0 rings (SSSR count). The van der Waals surface area contributed by atoms with Crippen LogP contribution in [0.4, 0.5) is 0 Å². The first kappa shape index (κ1) is 9.69. The monoisotopic (exact) mass is 152 g/mol. The summed E-state index contributed by atoms with van der Waals surface area (Å²) in [5.41, 5.74) is 0.905. The number of hydrogen-bond donors (Lipinski definition) is 1. The highest BCUT2D eigenvalue weighted by atomic mass is 16.4. The molecule has 60 valence electrons. The minimum atomic E-state index is -0.790. The van der Waals surface area contributed by atoms with Gasteiger partial charge in [-0.05, 0) is 12.0 Å². The van der Waals surface area contributed by atoms with E-state index in [-0.39, 0.29) is 6.42 Å². The molecular formula is C9H12O2. The smallest absolute Gasteiger partial charge is 0.303 e. The molecule has 0 radical (unpaired) electrons. The van der Waals surface area contributed by atoms with Crippen LogP contribution in [0.1, 0.15) is 12.8 Å². The molecule has 0 aromatic heterocycles. The summed E-state index contributed by atoms with van der Waals surface area (Å²) in [5.74, 6) is -0.790. The second-order valence-corrected chi connectivity index (χ2v) is 2.08. The van der Waals surface area contributed by atoms with Crippen molar-refractivity contribution in [1.82, 2.24) is 0 Å². The molecular weight excluding hydrogens is 140 g/mol. The van der Waals surface area contributed by atoms with Gasteiger partial charge in [-0.2, -0.15) is 0 Å². The second-order valence-electron chi connectivity index (χ2n) is 2.08. The molecule has 0 aliphatic heterocycles. The molecule has 1 N–H and O–H groups in total. The predicted molar refractivity (Wildman–Crippen MR) is 45.3 cm³/mol. The van der Waals surface area contributed by atoms with Gasteiger partial charge in [-0.25, -0.2) is 0 Å². The van der Waals surface area contributed by atoms with E-state index in [1.807, 2.05) is 0 Å². The van der Waals surface area contributed by atoms with Crippen molar-refractivity contribution in [2.24, 2.45) is 0 Å². The van der Waals surface area contributed by atoms with Gasteiger partial charge in [0.15, 0.2) is 0 Å².